The summed E-state index contributed by atoms with van der Waals surface area (Å²) in [6.07, 6.45) is 3.22. The summed E-state index contributed by atoms with van der Waals surface area (Å²) in [7, 11) is 1.60. The van der Waals surface area contributed by atoms with Crippen LogP contribution in [-0.2, 0) is 4.79 Å². The van der Waals surface area contributed by atoms with Crippen molar-refractivity contribution in [3.8, 4) is 16.9 Å². The first-order valence-corrected chi connectivity index (χ1v) is 8.77. The number of hydrogen-bond donors (Lipinski definition) is 1. The van der Waals surface area contributed by atoms with Crippen LogP contribution in [0, 0.1) is 12.7 Å². The van der Waals surface area contributed by atoms with Gasteiger partial charge in [0.25, 0.3) is 0 Å². The normalized spacial score (nSPS) is 11.7. The number of hydrogen-bond acceptors (Lipinski definition) is 3. The van der Waals surface area contributed by atoms with Crippen LogP contribution in [0.25, 0.3) is 27.7 Å². The minimum Gasteiger partial charge on any atom is -0.496 e. The molecule has 3 rings (SSSR count). The molecule has 0 spiro atoms. The van der Waals surface area contributed by atoms with Gasteiger partial charge in [0.15, 0.2) is 0 Å². The second-order valence-corrected chi connectivity index (χ2v) is 6.34. The molecule has 0 saturated carbocycles. The number of rotatable bonds is 5. The van der Waals surface area contributed by atoms with E-state index < -0.39 is 0 Å². The number of ether oxygens (including phenoxy) is 1. The van der Waals surface area contributed by atoms with Gasteiger partial charge in [-0.1, -0.05) is 12.1 Å². The highest BCUT2D eigenvalue weighted by molar-refractivity contribution is 6.01. The van der Waals surface area contributed by atoms with E-state index in [1.54, 1.807) is 31.6 Å². The molecule has 0 aliphatic carbocycles. The van der Waals surface area contributed by atoms with Crippen LogP contribution < -0.4 is 10.1 Å². The Balaban J connectivity index is 2.20. The number of carbonyl (C=O) groups excluding carboxylic acids is 1. The van der Waals surface area contributed by atoms with E-state index in [0.29, 0.717) is 17.9 Å². The maximum absolute atomic E-state index is 13.3. The summed E-state index contributed by atoms with van der Waals surface area (Å²) in [5.41, 5.74) is 4.88. The van der Waals surface area contributed by atoms with Gasteiger partial charge >= 0.3 is 0 Å². The number of methoxy groups -OCH3 is 1. The molecule has 0 radical (unpaired) electrons. The largest absolute Gasteiger partial charge is 0.496 e. The molecule has 0 fully saturated rings. The van der Waals surface area contributed by atoms with Crippen molar-refractivity contribution in [2.75, 3.05) is 13.7 Å². The number of fused-ring (bicyclic) bond motifs is 1. The summed E-state index contributed by atoms with van der Waals surface area (Å²) >= 11 is 0. The maximum atomic E-state index is 13.3. The van der Waals surface area contributed by atoms with Crippen molar-refractivity contribution in [3.63, 3.8) is 0 Å². The Morgan fingerprint density at radius 3 is 2.63 bits per heavy atom. The van der Waals surface area contributed by atoms with Crippen molar-refractivity contribution >= 4 is 22.4 Å². The summed E-state index contributed by atoms with van der Waals surface area (Å²) in [4.78, 5) is 12.0. The molecule has 5 heteroatoms. The zero-order valence-corrected chi connectivity index (χ0v) is 15.9. The molecule has 27 heavy (non-hydrogen) atoms. The van der Waals surface area contributed by atoms with E-state index in [4.69, 9.17) is 9.15 Å². The van der Waals surface area contributed by atoms with Crippen LogP contribution in [0.4, 0.5) is 4.39 Å². The summed E-state index contributed by atoms with van der Waals surface area (Å²) < 4.78 is 24.7. The molecule has 0 unspecified atom stereocenters. The molecule has 140 valence electrons. The Kier molecular flexibility index (Phi) is 5.31. The fourth-order valence-electron chi connectivity index (χ4n) is 3.22. The van der Waals surface area contributed by atoms with Gasteiger partial charge in [-0.2, -0.15) is 0 Å². The van der Waals surface area contributed by atoms with Gasteiger partial charge in [0, 0.05) is 34.7 Å². The van der Waals surface area contributed by atoms with E-state index in [2.05, 4.69) is 5.32 Å². The number of allylic oxidation sites excluding steroid dienone is 1. The molecule has 0 aliphatic heterocycles. The van der Waals surface area contributed by atoms with E-state index in [-0.39, 0.29) is 11.7 Å². The third kappa shape index (κ3) is 3.58. The van der Waals surface area contributed by atoms with Crippen molar-refractivity contribution in [1.29, 1.82) is 0 Å². The Morgan fingerprint density at radius 1 is 1.30 bits per heavy atom. The lowest BCUT2D eigenvalue weighted by atomic mass is 9.96. The van der Waals surface area contributed by atoms with E-state index in [1.165, 1.54) is 12.1 Å². The third-order valence-corrected chi connectivity index (χ3v) is 4.53. The first-order chi connectivity index (χ1) is 13.0. The highest BCUT2D eigenvalue weighted by Gasteiger charge is 2.18. The van der Waals surface area contributed by atoms with Crippen LogP contribution in [0.15, 0.2) is 47.1 Å². The molecule has 2 aromatic carbocycles. The average molecular weight is 367 g/mol. The van der Waals surface area contributed by atoms with E-state index >= 15 is 0 Å². The van der Waals surface area contributed by atoms with Gasteiger partial charge < -0.3 is 14.5 Å². The predicted octanol–water partition coefficient (Wildman–Crippen LogP) is 5.10. The highest BCUT2D eigenvalue weighted by atomic mass is 19.1. The molecular formula is C22H22FNO3. The first-order valence-electron chi connectivity index (χ1n) is 8.77. The van der Waals surface area contributed by atoms with E-state index in [1.807, 2.05) is 26.8 Å². The number of furan rings is 1. The number of amides is 1. The molecule has 1 aromatic heterocycles. The van der Waals surface area contributed by atoms with Crippen LogP contribution in [0.3, 0.4) is 0 Å². The Morgan fingerprint density at radius 2 is 2.00 bits per heavy atom. The fourth-order valence-corrected chi connectivity index (χ4v) is 3.22. The van der Waals surface area contributed by atoms with Crippen molar-refractivity contribution in [2.45, 2.75) is 20.8 Å². The lowest BCUT2D eigenvalue weighted by Crippen LogP contribution is -2.20. The molecule has 0 saturated heterocycles. The van der Waals surface area contributed by atoms with Gasteiger partial charge in [0.1, 0.15) is 17.1 Å². The first kappa shape index (κ1) is 18.7. The number of carbonyl (C=O) groups is 1. The van der Waals surface area contributed by atoms with Crippen molar-refractivity contribution in [3.05, 3.63) is 59.6 Å². The van der Waals surface area contributed by atoms with Gasteiger partial charge in [-0.3, -0.25) is 4.79 Å². The number of likely N-dealkylation sites (N-methyl/N-ethyl adjacent to an activating group) is 1. The fraction of sp³-hybridized carbons (Fsp3) is 0.227. The Hall–Kier alpha value is -3.08. The molecule has 0 bridgehead atoms. The minimum absolute atomic E-state index is 0.152. The molecule has 1 N–H and O–H groups in total. The van der Waals surface area contributed by atoms with Crippen molar-refractivity contribution in [1.82, 2.24) is 5.32 Å². The molecule has 3 aromatic rings. The zero-order chi connectivity index (χ0) is 19.6. The van der Waals surface area contributed by atoms with Gasteiger partial charge in [-0.05, 0) is 50.1 Å². The standard InChI is InChI=1S/C22H22FNO3/c1-5-24-20(25)10-13(2)17-11-18-19(15-6-8-16(23)9-7-15)12-27-22(18)14(3)21(17)26-4/h6-12H,5H2,1-4H3,(H,24,25)/b13-10+. The molecule has 0 atom stereocenters. The summed E-state index contributed by atoms with van der Waals surface area (Å²) in [6.45, 7) is 6.23. The van der Waals surface area contributed by atoms with Crippen LogP contribution in [0.2, 0.25) is 0 Å². The number of benzene rings is 2. The predicted molar refractivity (Wildman–Crippen MR) is 105 cm³/mol. The second-order valence-electron chi connectivity index (χ2n) is 6.34. The van der Waals surface area contributed by atoms with Gasteiger partial charge in [-0.25, -0.2) is 4.39 Å². The van der Waals surface area contributed by atoms with Crippen LogP contribution in [0.5, 0.6) is 5.75 Å². The van der Waals surface area contributed by atoms with Crippen LogP contribution in [-0.4, -0.2) is 19.6 Å². The lowest BCUT2D eigenvalue weighted by molar-refractivity contribution is -0.116. The van der Waals surface area contributed by atoms with E-state index in [9.17, 15) is 9.18 Å². The van der Waals surface area contributed by atoms with Gasteiger partial charge in [0.2, 0.25) is 5.91 Å². The molecule has 1 heterocycles. The average Bonchev–Trinajstić information content (AvgIpc) is 3.06. The number of halogens is 1. The number of aryl methyl sites for hydroxylation is 1. The molecular weight excluding hydrogens is 345 g/mol. The summed E-state index contributed by atoms with van der Waals surface area (Å²) in [5, 5.41) is 3.65. The summed E-state index contributed by atoms with van der Waals surface area (Å²) in [5.74, 6) is 0.229. The second kappa shape index (κ2) is 7.66. The third-order valence-electron chi connectivity index (χ3n) is 4.53. The van der Waals surface area contributed by atoms with Crippen molar-refractivity contribution in [2.24, 2.45) is 0 Å². The zero-order valence-electron chi connectivity index (χ0n) is 15.9. The van der Waals surface area contributed by atoms with Gasteiger partial charge in [-0.15, -0.1) is 0 Å². The minimum atomic E-state index is -0.286. The quantitative estimate of drug-likeness (QED) is 0.639. The highest BCUT2D eigenvalue weighted by Crippen LogP contribution is 2.40. The number of nitrogens with one attached hydrogen (secondary N) is 1. The Bertz CT molecular complexity index is 1020. The smallest absolute Gasteiger partial charge is 0.244 e. The molecule has 0 aliphatic rings. The molecule has 1 amide bonds. The lowest BCUT2D eigenvalue weighted by Gasteiger charge is -2.13. The van der Waals surface area contributed by atoms with Gasteiger partial charge in [0.05, 0.1) is 13.4 Å². The molecule has 4 nitrogen and oxygen atoms in total. The SMILES string of the molecule is CCNC(=O)/C=C(\C)c1cc2c(-c3ccc(F)cc3)coc2c(C)c1OC. The van der Waals surface area contributed by atoms with E-state index in [0.717, 1.165) is 33.2 Å². The van der Waals surface area contributed by atoms with Crippen LogP contribution in [0.1, 0.15) is 25.0 Å². The summed E-state index contributed by atoms with van der Waals surface area (Å²) in [6, 6.07) is 8.23. The van der Waals surface area contributed by atoms with Crippen LogP contribution >= 0.6 is 0 Å². The monoisotopic (exact) mass is 367 g/mol. The van der Waals surface area contributed by atoms with Crippen molar-refractivity contribution < 1.29 is 18.3 Å². The maximum Gasteiger partial charge on any atom is 0.244 e. The Labute approximate surface area is 157 Å². The topological polar surface area (TPSA) is 51.5 Å².